The zero-order valence-corrected chi connectivity index (χ0v) is 12.1. The van der Waals surface area contributed by atoms with Crippen LogP contribution in [0.5, 0.6) is 0 Å². The number of carbonyl (C=O) groups is 1. The van der Waals surface area contributed by atoms with Crippen molar-refractivity contribution in [3.05, 3.63) is 35.4 Å². The Balaban J connectivity index is 1.66. The number of alkyl halides is 3. The molecule has 3 atom stereocenters. The van der Waals surface area contributed by atoms with Gasteiger partial charge in [-0.2, -0.15) is 13.2 Å². The highest BCUT2D eigenvalue weighted by atomic mass is 19.4. The number of rotatable bonds is 3. The second kappa shape index (κ2) is 5.57. The first kappa shape index (κ1) is 15.3. The molecule has 1 saturated carbocycles. The van der Waals surface area contributed by atoms with Gasteiger partial charge in [-0.3, -0.25) is 4.79 Å². The normalized spacial score (nSPS) is 28.0. The minimum absolute atomic E-state index is 0.0679. The van der Waals surface area contributed by atoms with Crippen molar-refractivity contribution in [2.45, 2.75) is 24.9 Å². The van der Waals surface area contributed by atoms with E-state index in [0.29, 0.717) is 37.5 Å². The number of hydrogen-bond acceptors (Lipinski definition) is 2. The second-order valence-corrected chi connectivity index (χ2v) is 6.25. The molecule has 2 fully saturated rings. The van der Waals surface area contributed by atoms with Crippen molar-refractivity contribution in [2.24, 2.45) is 17.6 Å². The zero-order valence-electron chi connectivity index (χ0n) is 12.1. The molecular weight excluding hydrogens is 293 g/mol. The Morgan fingerprint density at radius 2 is 2.14 bits per heavy atom. The van der Waals surface area contributed by atoms with Gasteiger partial charge in [0.1, 0.15) is 0 Å². The predicted molar refractivity (Wildman–Crippen MR) is 76.0 cm³/mol. The maximum Gasteiger partial charge on any atom is 0.416 e. The van der Waals surface area contributed by atoms with Gasteiger partial charge in [0.2, 0.25) is 5.91 Å². The van der Waals surface area contributed by atoms with Crippen LogP contribution < -0.4 is 5.73 Å². The topological polar surface area (TPSA) is 46.3 Å². The summed E-state index contributed by atoms with van der Waals surface area (Å²) in [6, 6.07) is 5.33. The van der Waals surface area contributed by atoms with E-state index in [1.807, 2.05) is 4.90 Å². The lowest BCUT2D eigenvalue weighted by atomic mass is 10.1. The molecule has 22 heavy (non-hydrogen) atoms. The molecule has 3 nitrogen and oxygen atoms in total. The summed E-state index contributed by atoms with van der Waals surface area (Å²) in [4.78, 5) is 14.2. The van der Waals surface area contributed by atoms with Gasteiger partial charge in [-0.05, 0) is 42.9 Å². The van der Waals surface area contributed by atoms with E-state index in [9.17, 15) is 18.0 Å². The first-order chi connectivity index (χ1) is 10.4. The summed E-state index contributed by atoms with van der Waals surface area (Å²) < 4.78 is 38.2. The van der Waals surface area contributed by atoms with Crippen molar-refractivity contribution < 1.29 is 18.0 Å². The third-order valence-corrected chi connectivity index (χ3v) is 4.68. The fourth-order valence-electron chi connectivity index (χ4n) is 3.24. The van der Waals surface area contributed by atoms with Crippen LogP contribution in [-0.2, 0) is 11.0 Å². The number of nitrogens with two attached hydrogens (primary N) is 1. The van der Waals surface area contributed by atoms with Crippen molar-refractivity contribution in [3.8, 4) is 0 Å². The number of likely N-dealkylation sites (tertiary alicyclic amines) is 1. The smallest absolute Gasteiger partial charge is 0.342 e. The summed E-state index contributed by atoms with van der Waals surface area (Å²) in [5.41, 5.74) is 5.59. The minimum atomic E-state index is -4.34. The highest BCUT2D eigenvalue weighted by Gasteiger charge is 2.47. The summed E-state index contributed by atoms with van der Waals surface area (Å²) in [6.45, 7) is 1.97. The molecule has 1 heterocycles. The van der Waals surface area contributed by atoms with E-state index in [1.54, 1.807) is 6.07 Å². The van der Waals surface area contributed by atoms with Gasteiger partial charge in [-0.1, -0.05) is 18.2 Å². The van der Waals surface area contributed by atoms with Gasteiger partial charge >= 0.3 is 6.18 Å². The average Bonchev–Trinajstić information content (AvgIpc) is 3.15. The summed E-state index contributed by atoms with van der Waals surface area (Å²) >= 11 is 0. The van der Waals surface area contributed by atoms with Crippen LogP contribution in [0.15, 0.2) is 24.3 Å². The van der Waals surface area contributed by atoms with Gasteiger partial charge in [-0.25, -0.2) is 0 Å². The molecule has 120 valence electrons. The number of hydrogen-bond donors (Lipinski definition) is 1. The summed E-state index contributed by atoms with van der Waals surface area (Å²) in [5.74, 6) is 0.180. The highest BCUT2D eigenvalue weighted by Crippen LogP contribution is 2.49. The minimum Gasteiger partial charge on any atom is -0.342 e. The summed E-state index contributed by atoms with van der Waals surface area (Å²) in [6.07, 6.45) is -2.78. The van der Waals surface area contributed by atoms with E-state index in [-0.39, 0.29) is 17.7 Å². The lowest BCUT2D eigenvalue weighted by Gasteiger charge is -2.16. The standard InChI is InChI=1S/C16H19F3N2O/c17-16(18,19)12-3-1-2-11(6-12)13-7-14(13)15(22)21-5-4-10(8-20)9-21/h1-3,6,10,13-14H,4-5,7-9,20H2/t10-,13+,14+/m0/s1. The van der Waals surface area contributed by atoms with Crippen molar-refractivity contribution in [1.29, 1.82) is 0 Å². The Labute approximate surface area is 127 Å². The van der Waals surface area contributed by atoms with Gasteiger partial charge in [-0.15, -0.1) is 0 Å². The predicted octanol–water partition coefficient (Wildman–Crippen LogP) is 2.62. The van der Waals surface area contributed by atoms with Crippen LogP contribution in [0, 0.1) is 11.8 Å². The number of halogens is 3. The van der Waals surface area contributed by atoms with Crippen LogP contribution in [0.4, 0.5) is 13.2 Å². The fourth-order valence-corrected chi connectivity index (χ4v) is 3.24. The Morgan fingerprint density at radius 1 is 1.36 bits per heavy atom. The molecule has 1 amide bonds. The first-order valence-corrected chi connectivity index (χ1v) is 7.56. The van der Waals surface area contributed by atoms with Crippen LogP contribution in [0.1, 0.15) is 29.9 Å². The molecule has 1 aromatic rings. The Hall–Kier alpha value is -1.56. The van der Waals surface area contributed by atoms with Gasteiger partial charge in [0.05, 0.1) is 5.56 Å². The quantitative estimate of drug-likeness (QED) is 0.932. The molecule has 0 unspecified atom stereocenters. The van der Waals surface area contributed by atoms with E-state index < -0.39 is 11.7 Å². The van der Waals surface area contributed by atoms with Gasteiger partial charge in [0.15, 0.2) is 0 Å². The number of benzene rings is 1. The maximum atomic E-state index is 12.7. The van der Waals surface area contributed by atoms with Gasteiger partial charge in [0.25, 0.3) is 0 Å². The van der Waals surface area contributed by atoms with Crippen LogP contribution in [0.3, 0.4) is 0 Å². The molecule has 0 bridgehead atoms. The second-order valence-electron chi connectivity index (χ2n) is 6.25. The Kier molecular flexibility index (Phi) is 3.89. The summed E-state index contributed by atoms with van der Waals surface area (Å²) in [7, 11) is 0. The molecule has 2 aliphatic rings. The molecule has 6 heteroatoms. The lowest BCUT2D eigenvalue weighted by Crippen LogP contribution is -2.31. The molecule has 0 radical (unpaired) electrons. The molecule has 1 aliphatic carbocycles. The van der Waals surface area contributed by atoms with E-state index in [4.69, 9.17) is 5.73 Å². The average molecular weight is 312 g/mol. The highest BCUT2D eigenvalue weighted by molar-refractivity contribution is 5.83. The van der Waals surface area contributed by atoms with Gasteiger partial charge < -0.3 is 10.6 Å². The van der Waals surface area contributed by atoms with Crippen molar-refractivity contribution >= 4 is 5.91 Å². The number of nitrogens with zero attached hydrogens (tertiary/aromatic N) is 1. The van der Waals surface area contributed by atoms with E-state index >= 15 is 0 Å². The molecule has 1 saturated heterocycles. The van der Waals surface area contributed by atoms with Crippen LogP contribution in [-0.4, -0.2) is 30.4 Å². The third-order valence-electron chi connectivity index (χ3n) is 4.68. The van der Waals surface area contributed by atoms with Crippen LogP contribution >= 0.6 is 0 Å². The van der Waals surface area contributed by atoms with E-state index in [2.05, 4.69) is 0 Å². The maximum absolute atomic E-state index is 12.7. The molecule has 1 aromatic carbocycles. The largest absolute Gasteiger partial charge is 0.416 e. The third kappa shape index (κ3) is 2.97. The fraction of sp³-hybridized carbons (Fsp3) is 0.562. The van der Waals surface area contributed by atoms with Crippen LogP contribution in [0.25, 0.3) is 0 Å². The molecule has 2 N–H and O–H groups in total. The lowest BCUT2D eigenvalue weighted by molar-refractivity contribution is -0.137. The molecule has 0 aromatic heterocycles. The molecule has 1 aliphatic heterocycles. The van der Waals surface area contributed by atoms with Crippen molar-refractivity contribution in [2.75, 3.05) is 19.6 Å². The zero-order chi connectivity index (χ0) is 15.9. The van der Waals surface area contributed by atoms with Gasteiger partial charge in [0, 0.05) is 19.0 Å². The first-order valence-electron chi connectivity index (χ1n) is 7.56. The van der Waals surface area contributed by atoms with Crippen LogP contribution in [0.2, 0.25) is 0 Å². The molecule has 0 spiro atoms. The number of carbonyl (C=O) groups excluding carboxylic acids is 1. The van der Waals surface area contributed by atoms with E-state index in [0.717, 1.165) is 12.5 Å². The Morgan fingerprint density at radius 3 is 2.77 bits per heavy atom. The summed E-state index contributed by atoms with van der Waals surface area (Å²) in [5, 5.41) is 0. The SMILES string of the molecule is NC[C@@H]1CCN(C(=O)[C@@H]2C[C@@H]2c2cccc(C(F)(F)F)c2)C1. The molecule has 3 rings (SSSR count). The van der Waals surface area contributed by atoms with E-state index in [1.165, 1.54) is 12.1 Å². The Bertz CT molecular complexity index is 573. The molecular formula is C16H19F3N2O. The number of amides is 1. The van der Waals surface area contributed by atoms with Crippen molar-refractivity contribution in [3.63, 3.8) is 0 Å². The monoisotopic (exact) mass is 312 g/mol. The van der Waals surface area contributed by atoms with Crippen molar-refractivity contribution in [1.82, 2.24) is 4.90 Å².